The molecule has 0 aromatic heterocycles. The van der Waals surface area contributed by atoms with Crippen LogP contribution in [0.1, 0.15) is 13.3 Å². The zero-order valence-corrected chi connectivity index (χ0v) is 6.47. The number of hydrogen-bond donors (Lipinski definition) is 3. The van der Waals surface area contributed by atoms with E-state index in [1.165, 1.54) is 0 Å². The molecule has 1 aliphatic rings. The molecule has 0 aromatic carbocycles. The number of ether oxygens (including phenoxy) is 1. The van der Waals surface area contributed by atoms with Gasteiger partial charge in [0.25, 0.3) is 0 Å². The molecule has 1 fully saturated rings. The van der Waals surface area contributed by atoms with E-state index in [-0.39, 0.29) is 12.7 Å². The van der Waals surface area contributed by atoms with E-state index in [0.29, 0.717) is 6.42 Å². The van der Waals surface area contributed by atoms with Crippen LogP contribution >= 0.6 is 0 Å². The van der Waals surface area contributed by atoms with E-state index < -0.39 is 18.3 Å². The Hall–Kier alpha value is -0.160. The van der Waals surface area contributed by atoms with Crippen LogP contribution in [0.25, 0.3) is 0 Å². The lowest BCUT2D eigenvalue weighted by atomic mass is 9.99. The van der Waals surface area contributed by atoms with Crippen molar-refractivity contribution in [1.29, 1.82) is 0 Å². The molecule has 0 aromatic rings. The third-order valence-corrected chi connectivity index (χ3v) is 1.99. The summed E-state index contributed by atoms with van der Waals surface area (Å²) in [6, 6.07) is 0. The van der Waals surface area contributed by atoms with Crippen molar-refractivity contribution < 1.29 is 20.1 Å². The molecule has 66 valence electrons. The predicted octanol–water partition coefficient (Wildman–Crippen LogP) is -1.12. The topological polar surface area (TPSA) is 69.9 Å². The number of rotatable bonds is 1. The van der Waals surface area contributed by atoms with Gasteiger partial charge in [-0.1, -0.05) is 0 Å². The summed E-state index contributed by atoms with van der Waals surface area (Å²) in [7, 11) is 0. The van der Waals surface area contributed by atoms with Crippen molar-refractivity contribution in [3.8, 4) is 0 Å². The van der Waals surface area contributed by atoms with Crippen LogP contribution in [0.2, 0.25) is 0 Å². The van der Waals surface area contributed by atoms with Crippen molar-refractivity contribution >= 4 is 0 Å². The zero-order valence-electron chi connectivity index (χ0n) is 6.47. The van der Waals surface area contributed by atoms with Crippen LogP contribution in [0.15, 0.2) is 0 Å². The second kappa shape index (κ2) is 3.49. The SMILES string of the molecule is CC1O[C@H](CO)C[C@H](O)[C@H]1O. The standard InChI is InChI=1S/C7H14O4/c1-4-7(10)6(9)2-5(3-8)11-4/h4-10H,2-3H2,1H3/t4?,5-,6-,7-/m0/s1. The van der Waals surface area contributed by atoms with Crippen molar-refractivity contribution in [2.24, 2.45) is 0 Å². The van der Waals surface area contributed by atoms with Crippen LogP contribution in [0.4, 0.5) is 0 Å². The minimum Gasteiger partial charge on any atom is -0.394 e. The highest BCUT2D eigenvalue weighted by molar-refractivity contribution is 4.82. The molecule has 0 aliphatic carbocycles. The summed E-state index contributed by atoms with van der Waals surface area (Å²) in [5, 5.41) is 27.1. The van der Waals surface area contributed by atoms with Gasteiger partial charge in [0.15, 0.2) is 0 Å². The molecule has 0 amide bonds. The van der Waals surface area contributed by atoms with Crippen LogP contribution in [-0.4, -0.2) is 46.3 Å². The molecule has 4 atom stereocenters. The smallest absolute Gasteiger partial charge is 0.106 e. The first kappa shape index (κ1) is 8.93. The van der Waals surface area contributed by atoms with E-state index in [2.05, 4.69) is 0 Å². The van der Waals surface area contributed by atoms with Crippen LogP contribution in [-0.2, 0) is 4.74 Å². The minimum atomic E-state index is -0.821. The number of hydrogen-bond acceptors (Lipinski definition) is 4. The van der Waals surface area contributed by atoms with E-state index in [1.807, 2.05) is 0 Å². The Morgan fingerprint density at radius 1 is 1.45 bits per heavy atom. The molecule has 1 unspecified atom stereocenters. The maximum atomic E-state index is 9.21. The van der Waals surface area contributed by atoms with Gasteiger partial charge in [-0.05, 0) is 6.92 Å². The molecule has 1 saturated heterocycles. The Labute approximate surface area is 65.4 Å². The third kappa shape index (κ3) is 1.90. The van der Waals surface area contributed by atoms with Crippen LogP contribution < -0.4 is 0 Å². The molecule has 1 aliphatic heterocycles. The summed E-state index contributed by atoms with van der Waals surface area (Å²) in [6.07, 6.45) is -2.00. The van der Waals surface area contributed by atoms with Crippen LogP contribution in [0, 0.1) is 0 Å². The van der Waals surface area contributed by atoms with Crippen molar-refractivity contribution in [2.75, 3.05) is 6.61 Å². The summed E-state index contributed by atoms with van der Waals surface area (Å²) in [5.41, 5.74) is 0. The van der Waals surface area contributed by atoms with Gasteiger partial charge in [-0.25, -0.2) is 0 Å². The van der Waals surface area contributed by atoms with Gasteiger partial charge in [0.05, 0.1) is 24.9 Å². The zero-order chi connectivity index (χ0) is 8.43. The first-order valence-electron chi connectivity index (χ1n) is 3.77. The van der Waals surface area contributed by atoms with Crippen molar-refractivity contribution in [1.82, 2.24) is 0 Å². The third-order valence-electron chi connectivity index (χ3n) is 1.99. The molecule has 11 heavy (non-hydrogen) atoms. The molecular weight excluding hydrogens is 148 g/mol. The van der Waals surface area contributed by atoms with E-state index in [9.17, 15) is 10.2 Å². The summed E-state index contributed by atoms with van der Waals surface area (Å²) in [6.45, 7) is 1.57. The molecular formula is C7H14O4. The van der Waals surface area contributed by atoms with Gasteiger partial charge in [0.1, 0.15) is 6.10 Å². The summed E-state index contributed by atoms with van der Waals surface area (Å²) in [5.74, 6) is 0. The summed E-state index contributed by atoms with van der Waals surface area (Å²) in [4.78, 5) is 0. The fourth-order valence-corrected chi connectivity index (χ4v) is 1.28. The van der Waals surface area contributed by atoms with Gasteiger partial charge in [-0.3, -0.25) is 0 Å². The van der Waals surface area contributed by atoms with Crippen LogP contribution in [0.3, 0.4) is 0 Å². The van der Waals surface area contributed by atoms with Gasteiger partial charge < -0.3 is 20.1 Å². The van der Waals surface area contributed by atoms with Gasteiger partial charge in [0, 0.05) is 6.42 Å². The average molecular weight is 162 g/mol. The van der Waals surface area contributed by atoms with Crippen molar-refractivity contribution in [3.05, 3.63) is 0 Å². The Morgan fingerprint density at radius 3 is 2.55 bits per heavy atom. The number of aliphatic hydroxyl groups is 3. The highest BCUT2D eigenvalue weighted by Crippen LogP contribution is 2.19. The summed E-state index contributed by atoms with van der Waals surface area (Å²) < 4.78 is 5.16. The lowest BCUT2D eigenvalue weighted by molar-refractivity contribution is -0.170. The van der Waals surface area contributed by atoms with E-state index >= 15 is 0 Å². The summed E-state index contributed by atoms with van der Waals surface area (Å²) >= 11 is 0. The fraction of sp³-hybridized carbons (Fsp3) is 1.00. The molecule has 1 rings (SSSR count). The number of aliphatic hydroxyl groups excluding tert-OH is 3. The highest BCUT2D eigenvalue weighted by Gasteiger charge is 2.33. The Kier molecular flexibility index (Phi) is 2.84. The Bertz CT molecular complexity index is 116. The molecule has 0 saturated carbocycles. The van der Waals surface area contributed by atoms with Gasteiger partial charge >= 0.3 is 0 Å². The normalized spacial score (nSPS) is 45.8. The molecule has 4 nitrogen and oxygen atoms in total. The lowest BCUT2D eigenvalue weighted by Crippen LogP contribution is -2.47. The fourth-order valence-electron chi connectivity index (χ4n) is 1.28. The van der Waals surface area contributed by atoms with Crippen molar-refractivity contribution in [2.45, 2.75) is 37.8 Å². The van der Waals surface area contributed by atoms with Gasteiger partial charge in [-0.15, -0.1) is 0 Å². The predicted molar refractivity (Wildman–Crippen MR) is 38.1 cm³/mol. The molecule has 0 radical (unpaired) electrons. The second-order valence-corrected chi connectivity index (χ2v) is 2.94. The minimum absolute atomic E-state index is 0.103. The Morgan fingerprint density at radius 2 is 2.09 bits per heavy atom. The van der Waals surface area contributed by atoms with E-state index in [1.54, 1.807) is 6.92 Å². The Balaban J connectivity index is 2.47. The first-order valence-corrected chi connectivity index (χ1v) is 3.77. The molecule has 1 heterocycles. The second-order valence-electron chi connectivity index (χ2n) is 2.94. The molecule has 0 spiro atoms. The van der Waals surface area contributed by atoms with E-state index in [4.69, 9.17) is 9.84 Å². The van der Waals surface area contributed by atoms with Gasteiger partial charge in [0.2, 0.25) is 0 Å². The quantitative estimate of drug-likeness (QED) is 0.456. The maximum Gasteiger partial charge on any atom is 0.106 e. The van der Waals surface area contributed by atoms with Crippen LogP contribution in [0.5, 0.6) is 0 Å². The largest absolute Gasteiger partial charge is 0.394 e. The molecule has 4 heteroatoms. The average Bonchev–Trinajstić information content (AvgIpc) is 1.99. The van der Waals surface area contributed by atoms with Gasteiger partial charge in [-0.2, -0.15) is 0 Å². The van der Waals surface area contributed by atoms with E-state index in [0.717, 1.165) is 0 Å². The lowest BCUT2D eigenvalue weighted by Gasteiger charge is -2.34. The molecule has 0 bridgehead atoms. The molecule has 3 N–H and O–H groups in total. The van der Waals surface area contributed by atoms with Crippen molar-refractivity contribution in [3.63, 3.8) is 0 Å². The maximum absolute atomic E-state index is 9.21. The first-order chi connectivity index (χ1) is 5.15. The monoisotopic (exact) mass is 162 g/mol. The highest BCUT2D eigenvalue weighted by atomic mass is 16.5.